The third kappa shape index (κ3) is 0.736. The molecule has 2 aliphatic carbocycles. The summed E-state index contributed by atoms with van der Waals surface area (Å²) in [6.07, 6.45) is 4.29. The number of fused-ring (bicyclic) bond motifs is 2. The Morgan fingerprint density at radius 2 is 1.92 bits per heavy atom. The molecule has 2 saturated carbocycles. The predicted octanol–water partition coefficient (Wildman–Crippen LogP) is 2.42. The van der Waals surface area contributed by atoms with Crippen LogP contribution in [0.15, 0.2) is 0 Å². The average molecular weight is 167 g/mol. The van der Waals surface area contributed by atoms with Gasteiger partial charge in [-0.15, -0.1) is 0 Å². The van der Waals surface area contributed by atoms with E-state index in [-0.39, 0.29) is 0 Å². The van der Waals surface area contributed by atoms with E-state index in [1.165, 1.54) is 19.3 Å². The standard InChI is InChI=1S/C11H21N/c1-10(2)8-5-6-11(10,3)9(7-8)12-4/h8-9,12H,5-7H2,1-4H3/t8-,9+,11-/m0/s1. The zero-order chi connectivity index (χ0) is 8.98. The summed E-state index contributed by atoms with van der Waals surface area (Å²) in [5.74, 6) is 0.972. The Bertz CT molecular complexity index is 197. The van der Waals surface area contributed by atoms with Gasteiger partial charge in [-0.2, -0.15) is 0 Å². The summed E-state index contributed by atoms with van der Waals surface area (Å²) in [7, 11) is 2.12. The first-order chi connectivity index (χ1) is 5.52. The van der Waals surface area contributed by atoms with Gasteiger partial charge < -0.3 is 5.32 Å². The third-order valence-electron chi connectivity index (χ3n) is 5.14. The van der Waals surface area contributed by atoms with Crippen LogP contribution < -0.4 is 5.32 Å². The van der Waals surface area contributed by atoms with Gasteiger partial charge in [0.2, 0.25) is 0 Å². The van der Waals surface area contributed by atoms with Gasteiger partial charge >= 0.3 is 0 Å². The van der Waals surface area contributed by atoms with Crippen LogP contribution in [-0.2, 0) is 0 Å². The first-order valence-corrected chi connectivity index (χ1v) is 5.19. The first kappa shape index (κ1) is 8.55. The summed E-state index contributed by atoms with van der Waals surface area (Å²) < 4.78 is 0. The maximum absolute atomic E-state index is 3.49. The van der Waals surface area contributed by atoms with E-state index in [9.17, 15) is 0 Å². The second-order valence-electron chi connectivity index (χ2n) is 5.45. The van der Waals surface area contributed by atoms with Gasteiger partial charge in [0.25, 0.3) is 0 Å². The average Bonchev–Trinajstić information content (AvgIpc) is 2.34. The molecule has 0 amide bonds. The van der Waals surface area contributed by atoms with Gasteiger partial charge in [-0.05, 0) is 43.1 Å². The molecule has 0 aromatic rings. The second-order valence-corrected chi connectivity index (χ2v) is 5.45. The van der Waals surface area contributed by atoms with Gasteiger partial charge in [0, 0.05) is 6.04 Å². The number of hydrogen-bond donors (Lipinski definition) is 1. The van der Waals surface area contributed by atoms with Crippen molar-refractivity contribution >= 4 is 0 Å². The van der Waals surface area contributed by atoms with E-state index in [2.05, 4.69) is 33.1 Å². The van der Waals surface area contributed by atoms with Crippen LogP contribution in [0.4, 0.5) is 0 Å². The molecule has 0 radical (unpaired) electrons. The Morgan fingerprint density at radius 3 is 2.17 bits per heavy atom. The Hall–Kier alpha value is -0.0400. The van der Waals surface area contributed by atoms with Crippen molar-refractivity contribution in [2.75, 3.05) is 7.05 Å². The van der Waals surface area contributed by atoms with Crippen LogP contribution in [0.2, 0.25) is 0 Å². The molecule has 0 unspecified atom stereocenters. The van der Waals surface area contributed by atoms with E-state index in [1.54, 1.807) is 0 Å². The van der Waals surface area contributed by atoms with Crippen molar-refractivity contribution in [1.29, 1.82) is 0 Å². The molecule has 2 aliphatic rings. The van der Waals surface area contributed by atoms with Gasteiger partial charge in [-0.1, -0.05) is 20.8 Å². The van der Waals surface area contributed by atoms with Crippen molar-refractivity contribution in [3.63, 3.8) is 0 Å². The van der Waals surface area contributed by atoms with Crippen molar-refractivity contribution in [3.8, 4) is 0 Å². The van der Waals surface area contributed by atoms with Crippen LogP contribution >= 0.6 is 0 Å². The fourth-order valence-electron chi connectivity index (χ4n) is 3.64. The van der Waals surface area contributed by atoms with Crippen LogP contribution in [0.1, 0.15) is 40.0 Å². The van der Waals surface area contributed by atoms with E-state index >= 15 is 0 Å². The SMILES string of the molecule is CN[C@@H]1C[C@@H]2CC[C@]1(C)C2(C)C. The summed E-state index contributed by atoms with van der Waals surface area (Å²) in [5, 5.41) is 3.49. The van der Waals surface area contributed by atoms with Crippen molar-refractivity contribution < 1.29 is 0 Å². The smallest absolute Gasteiger partial charge is 0.0126 e. The maximum Gasteiger partial charge on any atom is 0.0126 e. The third-order valence-corrected chi connectivity index (χ3v) is 5.14. The fourth-order valence-corrected chi connectivity index (χ4v) is 3.64. The summed E-state index contributed by atoms with van der Waals surface area (Å²) in [5.41, 5.74) is 1.13. The van der Waals surface area contributed by atoms with Crippen LogP contribution in [-0.4, -0.2) is 13.1 Å². The van der Waals surface area contributed by atoms with Crippen LogP contribution in [0.5, 0.6) is 0 Å². The molecular weight excluding hydrogens is 146 g/mol. The molecule has 70 valence electrons. The van der Waals surface area contributed by atoms with E-state index in [4.69, 9.17) is 0 Å². The molecule has 3 atom stereocenters. The van der Waals surface area contributed by atoms with Crippen molar-refractivity contribution in [2.24, 2.45) is 16.7 Å². The fraction of sp³-hybridized carbons (Fsp3) is 1.00. The lowest BCUT2D eigenvalue weighted by atomic mass is 9.69. The van der Waals surface area contributed by atoms with Gasteiger partial charge in [-0.3, -0.25) is 0 Å². The lowest BCUT2D eigenvalue weighted by molar-refractivity contribution is 0.125. The largest absolute Gasteiger partial charge is 0.316 e. The van der Waals surface area contributed by atoms with E-state index < -0.39 is 0 Å². The van der Waals surface area contributed by atoms with Crippen LogP contribution in [0.3, 0.4) is 0 Å². The van der Waals surface area contributed by atoms with Gasteiger partial charge in [0.15, 0.2) is 0 Å². The van der Waals surface area contributed by atoms with Crippen molar-refractivity contribution in [3.05, 3.63) is 0 Å². The number of hydrogen-bond acceptors (Lipinski definition) is 1. The topological polar surface area (TPSA) is 12.0 Å². The molecule has 0 saturated heterocycles. The van der Waals surface area contributed by atoms with Crippen LogP contribution in [0.25, 0.3) is 0 Å². The molecule has 12 heavy (non-hydrogen) atoms. The molecule has 0 heterocycles. The number of nitrogens with one attached hydrogen (secondary N) is 1. The first-order valence-electron chi connectivity index (χ1n) is 5.19. The quantitative estimate of drug-likeness (QED) is 0.632. The highest BCUT2D eigenvalue weighted by molar-refractivity contribution is 5.12. The molecule has 0 aromatic carbocycles. The zero-order valence-electron chi connectivity index (χ0n) is 8.78. The molecule has 1 N–H and O–H groups in total. The lowest BCUT2D eigenvalue weighted by Gasteiger charge is -2.39. The molecule has 0 aliphatic heterocycles. The molecular formula is C11H21N. The molecule has 2 rings (SSSR count). The minimum atomic E-state index is 0.562. The lowest BCUT2D eigenvalue weighted by Crippen LogP contribution is -2.42. The van der Waals surface area contributed by atoms with Crippen LogP contribution in [0, 0.1) is 16.7 Å². The molecule has 1 nitrogen and oxygen atoms in total. The highest BCUT2D eigenvalue weighted by Crippen LogP contribution is 2.65. The summed E-state index contributed by atoms with van der Waals surface area (Å²) >= 11 is 0. The van der Waals surface area contributed by atoms with E-state index in [0.29, 0.717) is 10.8 Å². The minimum absolute atomic E-state index is 0.562. The normalized spacial score (nSPS) is 50.0. The van der Waals surface area contributed by atoms with E-state index in [1.807, 2.05) is 0 Å². The number of rotatable bonds is 1. The Balaban J connectivity index is 2.33. The maximum atomic E-state index is 3.49. The molecule has 0 aromatic heterocycles. The van der Waals surface area contributed by atoms with Crippen molar-refractivity contribution in [2.45, 2.75) is 46.1 Å². The monoisotopic (exact) mass is 167 g/mol. The second kappa shape index (κ2) is 2.25. The summed E-state index contributed by atoms with van der Waals surface area (Å²) in [4.78, 5) is 0. The van der Waals surface area contributed by atoms with Gasteiger partial charge in [0.05, 0.1) is 0 Å². The molecule has 0 spiro atoms. The Morgan fingerprint density at radius 1 is 1.25 bits per heavy atom. The highest BCUT2D eigenvalue weighted by Gasteiger charge is 2.60. The zero-order valence-corrected chi connectivity index (χ0v) is 8.78. The van der Waals surface area contributed by atoms with Crippen molar-refractivity contribution in [1.82, 2.24) is 5.32 Å². The Labute approximate surface area is 75.9 Å². The molecule has 2 bridgehead atoms. The predicted molar refractivity (Wildman–Crippen MR) is 52.1 cm³/mol. The summed E-state index contributed by atoms with van der Waals surface area (Å²) in [6, 6.07) is 0.770. The molecule has 2 fully saturated rings. The Kier molecular flexibility index (Phi) is 1.61. The van der Waals surface area contributed by atoms with Gasteiger partial charge in [0.1, 0.15) is 0 Å². The molecule has 1 heteroatoms. The highest BCUT2D eigenvalue weighted by atomic mass is 14.9. The minimum Gasteiger partial charge on any atom is -0.316 e. The van der Waals surface area contributed by atoms with Gasteiger partial charge in [-0.25, -0.2) is 0 Å². The van der Waals surface area contributed by atoms with E-state index in [0.717, 1.165) is 12.0 Å². The summed E-state index contributed by atoms with van der Waals surface area (Å²) in [6.45, 7) is 7.39.